The lowest BCUT2D eigenvalue weighted by Crippen LogP contribution is -2.49. The van der Waals surface area contributed by atoms with Gasteiger partial charge in [0.1, 0.15) is 5.82 Å². The molecule has 2 aromatic carbocycles. The van der Waals surface area contributed by atoms with Crippen molar-refractivity contribution in [2.75, 3.05) is 32.7 Å². The summed E-state index contributed by atoms with van der Waals surface area (Å²) in [4.78, 5) is 29.7. The Morgan fingerprint density at radius 1 is 0.875 bits per heavy atom. The van der Waals surface area contributed by atoms with Crippen LogP contribution >= 0.6 is 0 Å². The van der Waals surface area contributed by atoms with Gasteiger partial charge in [-0.15, -0.1) is 0 Å². The van der Waals surface area contributed by atoms with Gasteiger partial charge in [-0.05, 0) is 63.2 Å². The molecule has 0 bridgehead atoms. The summed E-state index contributed by atoms with van der Waals surface area (Å²) < 4.78 is 15.3. The fourth-order valence-electron chi connectivity index (χ4n) is 4.31. The van der Waals surface area contributed by atoms with Gasteiger partial charge in [0.2, 0.25) is 0 Å². The van der Waals surface area contributed by atoms with E-state index in [9.17, 15) is 14.0 Å². The number of piperazine rings is 1. The first kappa shape index (κ1) is 22.0. The second-order valence-electron chi connectivity index (χ2n) is 8.45. The first-order valence-corrected chi connectivity index (χ1v) is 10.9. The van der Waals surface area contributed by atoms with Gasteiger partial charge in [0.05, 0.1) is 6.54 Å². The quantitative estimate of drug-likeness (QED) is 0.567. The number of aromatic nitrogens is 1. The Morgan fingerprint density at radius 3 is 2.12 bits per heavy atom. The monoisotopic (exact) mass is 433 g/mol. The molecule has 0 aliphatic carbocycles. The maximum atomic E-state index is 13.3. The van der Waals surface area contributed by atoms with Crippen LogP contribution in [-0.4, -0.2) is 58.8 Å². The highest BCUT2D eigenvalue weighted by Gasteiger charge is 2.25. The summed E-state index contributed by atoms with van der Waals surface area (Å²) in [7, 11) is 0. The van der Waals surface area contributed by atoms with Crippen molar-refractivity contribution in [2.45, 2.75) is 20.8 Å². The molecule has 6 heteroatoms. The molecular formula is C26H28FN3O2. The molecule has 32 heavy (non-hydrogen) atoms. The predicted octanol–water partition coefficient (Wildman–Crippen LogP) is 4.18. The molecule has 3 aromatic rings. The Balaban J connectivity index is 1.39. The Hall–Kier alpha value is -3.25. The smallest absolute Gasteiger partial charge is 0.253 e. The number of Topliss-reactive ketones (excluding diaryl/α,β-unsaturated/α-hetero) is 1. The summed E-state index contributed by atoms with van der Waals surface area (Å²) in [5, 5.41) is 0. The number of carbonyl (C=O) groups excluding carboxylic acids is 2. The number of rotatable bonds is 5. The topological polar surface area (TPSA) is 45.6 Å². The maximum Gasteiger partial charge on any atom is 0.253 e. The number of hydrogen-bond donors (Lipinski definition) is 0. The van der Waals surface area contributed by atoms with E-state index >= 15 is 0 Å². The molecule has 4 rings (SSSR count). The van der Waals surface area contributed by atoms with E-state index in [2.05, 4.69) is 4.90 Å². The lowest BCUT2D eigenvalue weighted by Gasteiger charge is -2.34. The van der Waals surface area contributed by atoms with Gasteiger partial charge < -0.3 is 9.47 Å². The van der Waals surface area contributed by atoms with Crippen molar-refractivity contribution in [3.63, 3.8) is 0 Å². The second-order valence-corrected chi connectivity index (χ2v) is 8.45. The summed E-state index contributed by atoms with van der Waals surface area (Å²) in [5.74, 6) is -0.184. The van der Waals surface area contributed by atoms with E-state index in [0.29, 0.717) is 43.9 Å². The Bertz CT molecular complexity index is 1130. The fourth-order valence-corrected chi connectivity index (χ4v) is 4.31. The van der Waals surface area contributed by atoms with Crippen LogP contribution in [0.15, 0.2) is 54.6 Å². The maximum absolute atomic E-state index is 13.3. The minimum Gasteiger partial charge on any atom is -0.336 e. The van der Waals surface area contributed by atoms with E-state index in [4.69, 9.17) is 0 Å². The summed E-state index contributed by atoms with van der Waals surface area (Å²) in [6, 6.07) is 15.8. The molecule has 1 saturated heterocycles. The highest BCUT2D eigenvalue weighted by Crippen LogP contribution is 2.22. The molecular weight excluding hydrogens is 405 g/mol. The molecule has 1 fully saturated rings. The molecule has 1 aliphatic heterocycles. The minimum absolute atomic E-state index is 0.0406. The fraction of sp³-hybridized carbons (Fsp3) is 0.308. The number of nitrogens with zero attached hydrogens (tertiary/aromatic N) is 3. The number of benzene rings is 2. The Morgan fingerprint density at radius 2 is 1.50 bits per heavy atom. The van der Waals surface area contributed by atoms with Crippen LogP contribution in [0.1, 0.15) is 37.7 Å². The van der Waals surface area contributed by atoms with Crippen molar-refractivity contribution in [1.29, 1.82) is 0 Å². The third kappa shape index (κ3) is 4.50. The van der Waals surface area contributed by atoms with Gasteiger partial charge in [-0.2, -0.15) is 0 Å². The van der Waals surface area contributed by atoms with E-state index in [0.717, 1.165) is 22.6 Å². The van der Waals surface area contributed by atoms with Gasteiger partial charge in [-0.25, -0.2) is 4.39 Å². The molecule has 0 spiro atoms. The summed E-state index contributed by atoms with van der Waals surface area (Å²) in [6.45, 7) is 8.73. The normalized spacial score (nSPS) is 14.6. The highest BCUT2D eigenvalue weighted by atomic mass is 19.1. The number of halogens is 1. The van der Waals surface area contributed by atoms with Crippen LogP contribution in [-0.2, 0) is 0 Å². The van der Waals surface area contributed by atoms with E-state index < -0.39 is 0 Å². The molecule has 0 unspecified atom stereocenters. The van der Waals surface area contributed by atoms with Crippen LogP contribution < -0.4 is 0 Å². The zero-order valence-corrected chi connectivity index (χ0v) is 18.8. The number of ketones is 1. The van der Waals surface area contributed by atoms with Crippen molar-refractivity contribution in [3.05, 3.63) is 88.5 Å². The zero-order valence-electron chi connectivity index (χ0n) is 18.8. The third-order valence-corrected chi connectivity index (χ3v) is 6.14. The van der Waals surface area contributed by atoms with Crippen molar-refractivity contribution >= 4 is 11.7 Å². The predicted molar refractivity (Wildman–Crippen MR) is 123 cm³/mol. The molecule has 1 amide bonds. The Kier molecular flexibility index (Phi) is 6.24. The highest BCUT2D eigenvalue weighted by molar-refractivity contribution is 5.99. The van der Waals surface area contributed by atoms with E-state index in [1.165, 1.54) is 12.1 Å². The average molecular weight is 434 g/mol. The molecule has 166 valence electrons. The molecule has 5 nitrogen and oxygen atoms in total. The molecule has 0 N–H and O–H groups in total. The minimum atomic E-state index is -0.285. The third-order valence-electron chi connectivity index (χ3n) is 6.14. The molecule has 0 saturated carbocycles. The summed E-state index contributed by atoms with van der Waals surface area (Å²) in [5.41, 5.74) is 5.14. The Labute approximate surface area is 188 Å². The van der Waals surface area contributed by atoms with E-state index in [-0.39, 0.29) is 17.5 Å². The van der Waals surface area contributed by atoms with Crippen LogP contribution in [0.2, 0.25) is 0 Å². The summed E-state index contributed by atoms with van der Waals surface area (Å²) >= 11 is 0. The van der Waals surface area contributed by atoms with E-state index in [1.54, 1.807) is 12.1 Å². The lowest BCUT2D eigenvalue weighted by molar-refractivity contribution is 0.0624. The van der Waals surface area contributed by atoms with Gasteiger partial charge in [0.15, 0.2) is 5.78 Å². The number of carbonyl (C=O) groups is 2. The number of hydrogen-bond acceptors (Lipinski definition) is 3. The SMILES string of the molecule is Cc1ccc(C(=O)N2CCN(CC(=O)c3cc(C)n(-c4ccc(F)cc4)c3C)CC2)cc1. The van der Waals surface area contributed by atoms with Crippen LogP contribution in [0, 0.1) is 26.6 Å². The number of amides is 1. The first-order valence-electron chi connectivity index (χ1n) is 10.9. The molecule has 1 aliphatic rings. The van der Waals surface area contributed by atoms with Gasteiger partial charge in [0, 0.05) is 54.4 Å². The van der Waals surface area contributed by atoms with Crippen molar-refractivity contribution in [3.8, 4) is 5.69 Å². The molecule has 2 heterocycles. The van der Waals surface area contributed by atoms with Crippen LogP contribution in [0.3, 0.4) is 0 Å². The average Bonchev–Trinajstić information content (AvgIpc) is 3.09. The zero-order chi connectivity index (χ0) is 22.8. The standard InChI is InChI=1S/C26H28FN3O2/c1-18-4-6-21(7-5-18)26(32)29-14-12-28(13-15-29)17-25(31)24-16-19(2)30(20(24)3)23-10-8-22(27)9-11-23/h4-11,16H,12-15,17H2,1-3H3. The van der Waals surface area contributed by atoms with Gasteiger partial charge in [0.25, 0.3) is 5.91 Å². The molecule has 0 atom stereocenters. The molecule has 1 aromatic heterocycles. The van der Waals surface area contributed by atoms with Gasteiger partial charge in [-0.1, -0.05) is 17.7 Å². The van der Waals surface area contributed by atoms with Gasteiger partial charge >= 0.3 is 0 Å². The van der Waals surface area contributed by atoms with Crippen LogP contribution in [0.4, 0.5) is 4.39 Å². The largest absolute Gasteiger partial charge is 0.336 e. The lowest BCUT2D eigenvalue weighted by atomic mass is 10.1. The van der Waals surface area contributed by atoms with Crippen molar-refractivity contribution in [2.24, 2.45) is 0 Å². The van der Waals surface area contributed by atoms with Crippen LogP contribution in [0.5, 0.6) is 0 Å². The van der Waals surface area contributed by atoms with Crippen LogP contribution in [0.25, 0.3) is 5.69 Å². The van der Waals surface area contributed by atoms with Crippen molar-refractivity contribution < 1.29 is 14.0 Å². The first-order chi connectivity index (χ1) is 15.3. The van der Waals surface area contributed by atoms with Gasteiger partial charge in [-0.3, -0.25) is 14.5 Å². The van der Waals surface area contributed by atoms with Crippen molar-refractivity contribution in [1.82, 2.24) is 14.4 Å². The van der Waals surface area contributed by atoms with E-state index in [1.807, 2.05) is 60.6 Å². The number of aryl methyl sites for hydroxylation is 2. The molecule has 0 radical (unpaired) electrons. The second kappa shape index (κ2) is 9.09. The summed E-state index contributed by atoms with van der Waals surface area (Å²) in [6.07, 6.45) is 0.